The molecule has 2 heterocycles. The van der Waals surface area contributed by atoms with Crippen molar-refractivity contribution in [2.24, 2.45) is 0 Å². The van der Waals surface area contributed by atoms with Gasteiger partial charge in [0.1, 0.15) is 0 Å². The SMILES string of the molecule is C[C@@H]1CCC[C@H](C)N1C(=O)CSc1nc2ccccc2c(=O)n1Cc1ccccc1. The summed E-state index contributed by atoms with van der Waals surface area (Å²) >= 11 is 1.36. The Labute approximate surface area is 181 Å². The molecule has 5 nitrogen and oxygen atoms in total. The number of hydrogen-bond donors (Lipinski definition) is 0. The third kappa shape index (κ3) is 4.29. The van der Waals surface area contributed by atoms with Crippen LogP contribution in [0.2, 0.25) is 0 Å². The van der Waals surface area contributed by atoms with E-state index in [-0.39, 0.29) is 29.3 Å². The third-order valence-corrected chi connectivity index (χ3v) is 6.78. The highest BCUT2D eigenvalue weighted by atomic mass is 32.2. The molecule has 0 unspecified atom stereocenters. The van der Waals surface area contributed by atoms with Gasteiger partial charge in [-0.3, -0.25) is 14.2 Å². The van der Waals surface area contributed by atoms with Gasteiger partial charge in [-0.1, -0.05) is 54.2 Å². The van der Waals surface area contributed by atoms with Gasteiger partial charge in [0.25, 0.3) is 5.56 Å². The molecule has 4 rings (SSSR count). The first-order chi connectivity index (χ1) is 14.5. The average molecular weight is 422 g/mol. The fraction of sp³-hybridized carbons (Fsp3) is 0.375. The fourth-order valence-corrected chi connectivity index (χ4v) is 5.14. The molecule has 6 heteroatoms. The number of carbonyl (C=O) groups excluding carboxylic acids is 1. The van der Waals surface area contributed by atoms with Crippen molar-refractivity contribution in [2.45, 2.75) is 56.9 Å². The van der Waals surface area contributed by atoms with Gasteiger partial charge in [-0.05, 0) is 50.8 Å². The largest absolute Gasteiger partial charge is 0.337 e. The van der Waals surface area contributed by atoms with Gasteiger partial charge in [-0.15, -0.1) is 0 Å². The Hall–Kier alpha value is -2.60. The lowest BCUT2D eigenvalue weighted by atomic mass is 9.98. The van der Waals surface area contributed by atoms with Crippen LogP contribution in [0.3, 0.4) is 0 Å². The van der Waals surface area contributed by atoms with Crippen molar-refractivity contribution in [1.29, 1.82) is 0 Å². The van der Waals surface area contributed by atoms with Crippen molar-refractivity contribution in [3.63, 3.8) is 0 Å². The molecule has 0 aliphatic carbocycles. The van der Waals surface area contributed by atoms with E-state index in [4.69, 9.17) is 4.98 Å². The van der Waals surface area contributed by atoms with Crippen molar-refractivity contribution in [3.8, 4) is 0 Å². The monoisotopic (exact) mass is 421 g/mol. The highest BCUT2D eigenvalue weighted by Crippen LogP contribution is 2.25. The van der Waals surface area contributed by atoms with E-state index >= 15 is 0 Å². The fourth-order valence-electron chi connectivity index (χ4n) is 4.28. The number of amides is 1. The molecular formula is C24H27N3O2S. The molecule has 2 aromatic carbocycles. The Balaban J connectivity index is 1.64. The normalized spacial score (nSPS) is 19.2. The molecule has 0 bridgehead atoms. The maximum Gasteiger partial charge on any atom is 0.262 e. The molecular weight excluding hydrogens is 394 g/mol. The molecule has 0 N–H and O–H groups in total. The summed E-state index contributed by atoms with van der Waals surface area (Å²) in [5, 5.41) is 1.19. The van der Waals surface area contributed by atoms with Gasteiger partial charge in [0.2, 0.25) is 5.91 Å². The van der Waals surface area contributed by atoms with Crippen molar-refractivity contribution in [1.82, 2.24) is 14.5 Å². The summed E-state index contributed by atoms with van der Waals surface area (Å²) in [5.41, 5.74) is 1.63. The van der Waals surface area contributed by atoms with Crippen LogP contribution in [0.25, 0.3) is 10.9 Å². The van der Waals surface area contributed by atoms with Gasteiger partial charge >= 0.3 is 0 Å². The molecule has 0 radical (unpaired) electrons. The molecule has 0 saturated carbocycles. The van der Waals surface area contributed by atoms with Crippen LogP contribution in [0.5, 0.6) is 0 Å². The van der Waals surface area contributed by atoms with E-state index in [0.717, 1.165) is 18.4 Å². The van der Waals surface area contributed by atoms with Crippen LogP contribution >= 0.6 is 11.8 Å². The molecule has 3 aromatic rings. The lowest BCUT2D eigenvalue weighted by Gasteiger charge is -2.39. The molecule has 1 saturated heterocycles. The second-order valence-electron chi connectivity index (χ2n) is 8.01. The molecule has 1 amide bonds. The van der Waals surface area contributed by atoms with Gasteiger partial charge < -0.3 is 4.90 Å². The van der Waals surface area contributed by atoms with Crippen LogP contribution < -0.4 is 5.56 Å². The summed E-state index contributed by atoms with van der Waals surface area (Å²) in [6.45, 7) is 4.68. The topological polar surface area (TPSA) is 55.2 Å². The number of aromatic nitrogens is 2. The Morgan fingerprint density at radius 1 is 1.03 bits per heavy atom. The molecule has 30 heavy (non-hydrogen) atoms. The van der Waals surface area contributed by atoms with E-state index < -0.39 is 0 Å². The van der Waals surface area contributed by atoms with Crippen molar-refractivity contribution in [2.75, 3.05) is 5.75 Å². The van der Waals surface area contributed by atoms with Crippen molar-refractivity contribution in [3.05, 3.63) is 70.5 Å². The van der Waals surface area contributed by atoms with E-state index in [1.165, 1.54) is 18.2 Å². The van der Waals surface area contributed by atoms with Crippen LogP contribution in [-0.4, -0.2) is 38.2 Å². The molecule has 1 aromatic heterocycles. The van der Waals surface area contributed by atoms with Crippen molar-refractivity contribution < 1.29 is 4.79 Å². The van der Waals surface area contributed by atoms with Crippen LogP contribution in [-0.2, 0) is 11.3 Å². The number of rotatable bonds is 5. The average Bonchev–Trinajstić information content (AvgIpc) is 2.75. The number of fused-ring (bicyclic) bond motifs is 1. The van der Waals surface area contributed by atoms with E-state index in [2.05, 4.69) is 13.8 Å². The molecule has 2 atom stereocenters. The Bertz CT molecular complexity index is 1090. The van der Waals surface area contributed by atoms with Crippen molar-refractivity contribution >= 4 is 28.6 Å². The Kier molecular flexibility index (Phi) is 6.23. The second-order valence-corrected chi connectivity index (χ2v) is 8.95. The number of piperidine rings is 1. The van der Waals surface area contributed by atoms with E-state index in [1.54, 1.807) is 4.57 Å². The predicted octanol–water partition coefficient (Wildman–Crippen LogP) is 4.33. The summed E-state index contributed by atoms with van der Waals surface area (Å²) in [4.78, 5) is 33.0. The minimum absolute atomic E-state index is 0.0703. The number of likely N-dealkylation sites (tertiary alicyclic amines) is 1. The molecule has 1 aliphatic rings. The second kappa shape index (κ2) is 9.04. The maximum absolute atomic E-state index is 13.2. The van der Waals surface area contributed by atoms with Gasteiger partial charge in [0, 0.05) is 12.1 Å². The van der Waals surface area contributed by atoms with Crippen LogP contribution in [0.15, 0.2) is 64.5 Å². The number of hydrogen-bond acceptors (Lipinski definition) is 4. The molecule has 156 valence electrons. The lowest BCUT2D eigenvalue weighted by molar-refractivity contribution is -0.134. The quantitative estimate of drug-likeness (QED) is 0.455. The molecule has 1 fully saturated rings. The Morgan fingerprint density at radius 3 is 2.43 bits per heavy atom. The van der Waals surface area contributed by atoms with Gasteiger partial charge in [-0.25, -0.2) is 4.98 Å². The van der Waals surface area contributed by atoms with Gasteiger partial charge in [0.05, 0.1) is 23.2 Å². The van der Waals surface area contributed by atoms with Crippen LogP contribution in [0.4, 0.5) is 0 Å². The first-order valence-corrected chi connectivity index (χ1v) is 11.5. The summed E-state index contributed by atoms with van der Waals surface area (Å²) < 4.78 is 1.69. The number of carbonyl (C=O) groups is 1. The standard InChI is InChI=1S/C24H27N3O2S/c1-17-9-8-10-18(2)27(17)22(28)16-30-24-25-21-14-7-6-13-20(21)23(29)26(24)15-19-11-4-3-5-12-19/h3-7,11-14,17-18H,8-10,15-16H2,1-2H3/t17-,18+. The highest BCUT2D eigenvalue weighted by Gasteiger charge is 2.29. The number of nitrogens with zero attached hydrogens (tertiary/aromatic N) is 3. The summed E-state index contributed by atoms with van der Waals surface area (Å²) in [5.74, 6) is 0.405. The van der Waals surface area contributed by atoms with E-state index in [9.17, 15) is 9.59 Å². The summed E-state index contributed by atoms with van der Waals surface area (Å²) in [6, 6.07) is 17.8. The minimum Gasteiger partial charge on any atom is -0.337 e. The summed E-state index contributed by atoms with van der Waals surface area (Å²) in [7, 11) is 0. The smallest absolute Gasteiger partial charge is 0.262 e. The lowest BCUT2D eigenvalue weighted by Crippen LogP contribution is -2.48. The first kappa shape index (κ1) is 20.7. The number of thioether (sulfide) groups is 1. The molecule has 1 aliphatic heterocycles. The number of benzene rings is 2. The number of para-hydroxylation sites is 1. The molecule has 0 spiro atoms. The third-order valence-electron chi connectivity index (χ3n) is 5.82. The highest BCUT2D eigenvalue weighted by molar-refractivity contribution is 7.99. The zero-order chi connectivity index (χ0) is 21.1. The first-order valence-electron chi connectivity index (χ1n) is 10.5. The zero-order valence-electron chi connectivity index (χ0n) is 17.5. The van der Waals surface area contributed by atoms with Crippen LogP contribution in [0.1, 0.15) is 38.7 Å². The van der Waals surface area contributed by atoms with E-state index in [1.807, 2.05) is 59.5 Å². The minimum atomic E-state index is -0.0703. The van der Waals surface area contributed by atoms with Crippen LogP contribution in [0, 0.1) is 0 Å². The summed E-state index contributed by atoms with van der Waals surface area (Å²) in [6.07, 6.45) is 3.27. The maximum atomic E-state index is 13.2. The van der Waals surface area contributed by atoms with Gasteiger partial charge in [0.15, 0.2) is 5.16 Å². The zero-order valence-corrected chi connectivity index (χ0v) is 18.3. The van der Waals surface area contributed by atoms with Gasteiger partial charge in [-0.2, -0.15) is 0 Å². The van der Waals surface area contributed by atoms with E-state index in [0.29, 0.717) is 22.6 Å². The predicted molar refractivity (Wildman–Crippen MR) is 122 cm³/mol. The Morgan fingerprint density at radius 2 is 1.70 bits per heavy atom.